The van der Waals surface area contributed by atoms with Crippen LogP contribution in [0.15, 0.2) is 62.8 Å². The van der Waals surface area contributed by atoms with E-state index in [4.69, 9.17) is 10.2 Å². The molecule has 0 fully saturated rings. The minimum Gasteiger partial charge on any atom is -0.463 e. The van der Waals surface area contributed by atoms with Gasteiger partial charge in [0.15, 0.2) is 11.4 Å². The van der Waals surface area contributed by atoms with Crippen molar-refractivity contribution in [1.29, 1.82) is 0 Å². The van der Waals surface area contributed by atoms with Gasteiger partial charge >= 0.3 is 0 Å². The lowest BCUT2D eigenvalue weighted by molar-refractivity contribution is 0.580. The Kier molecular flexibility index (Phi) is 3.58. The lowest BCUT2D eigenvalue weighted by atomic mass is 10.3. The molecular formula is C15H10BrN5O3S. The van der Waals surface area contributed by atoms with Gasteiger partial charge in [-0.1, -0.05) is 15.9 Å². The third kappa shape index (κ3) is 2.59. The van der Waals surface area contributed by atoms with E-state index in [0.29, 0.717) is 11.5 Å². The zero-order valence-corrected chi connectivity index (χ0v) is 14.9. The Balaban J connectivity index is 1.96. The molecular weight excluding hydrogens is 410 g/mol. The summed E-state index contributed by atoms with van der Waals surface area (Å²) >= 11 is 3.28. The number of furan rings is 1. The zero-order chi connectivity index (χ0) is 17.6. The van der Waals surface area contributed by atoms with E-state index in [2.05, 4.69) is 30.9 Å². The lowest BCUT2D eigenvalue weighted by Crippen LogP contribution is -2.13. The van der Waals surface area contributed by atoms with Crippen molar-refractivity contribution in [1.82, 2.24) is 18.9 Å². The summed E-state index contributed by atoms with van der Waals surface area (Å²) in [5.41, 5.74) is 6.45. The summed E-state index contributed by atoms with van der Waals surface area (Å²) < 4.78 is 32.9. The lowest BCUT2D eigenvalue weighted by Gasteiger charge is -2.07. The van der Waals surface area contributed by atoms with Gasteiger partial charge < -0.3 is 10.2 Å². The topological polar surface area (TPSA) is 117 Å². The molecule has 10 heteroatoms. The van der Waals surface area contributed by atoms with E-state index in [9.17, 15) is 8.42 Å². The van der Waals surface area contributed by atoms with E-state index < -0.39 is 10.0 Å². The molecule has 126 valence electrons. The number of nitrogens with zero attached hydrogens (tertiary/aromatic N) is 4. The van der Waals surface area contributed by atoms with Crippen LogP contribution in [0.3, 0.4) is 0 Å². The largest absolute Gasteiger partial charge is 0.463 e. The summed E-state index contributed by atoms with van der Waals surface area (Å²) in [6.45, 7) is 0. The number of rotatable bonds is 3. The van der Waals surface area contributed by atoms with Crippen molar-refractivity contribution < 1.29 is 12.8 Å². The second-order valence-electron chi connectivity index (χ2n) is 5.08. The maximum atomic E-state index is 12.9. The van der Waals surface area contributed by atoms with Crippen molar-refractivity contribution in [3.63, 3.8) is 0 Å². The quantitative estimate of drug-likeness (QED) is 0.542. The van der Waals surface area contributed by atoms with Crippen LogP contribution in [0.25, 0.3) is 22.6 Å². The highest BCUT2D eigenvalue weighted by Crippen LogP contribution is 2.28. The number of nitrogens with two attached hydrogens (primary N) is 1. The first-order chi connectivity index (χ1) is 12.0. The molecule has 0 atom stereocenters. The van der Waals surface area contributed by atoms with E-state index in [-0.39, 0.29) is 22.0 Å². The van der Waals surface area contributed by atoms with Gasteiger partial charge in [0.1, 0.15) is 17.5 Å². The number of aromatic nitrogens is 4. The van der Waals surface area contributed by atoms with Crippen LogP contribution in [0.4, 0.5) is 5.95 Å². The summed E-state index contributed by atoms with van der Waals surface area (Å²) in [6.07, 6.45) is 2.66. The van der Waals surface area contributed by atoms with E-state index in [1.54, 1.807) is 24.3 Å². The van der Waals surface area contributed by atoms with Gasteiger partial charge in [-0.25, -0.2) is 22.4 Å². The van der Waals surface area contributed by atoms with E-state index in [1.165, 1.54) is 24.7 Å². The maximum absolute atomic E-state index is 12.9. The summed E-state index contributed by atoms with van der Waals surface area (Å²) in [5, 5.41) is 0. The Morgan fingerprint density at radius 1 is 1.12 bits per heavy atom. The molecule has 0 radical (unpaired) electrons. The molecule has 4 aromatic rings. The van der Waals surface area contributed by atoms with Crippen LogP contribution in [0.1, 0.15) is 0 Å². The number of fused-ring (bicyclic) bond motifs is 1. The van der Waals surface area contributed by atoms with E-state index >= 15 is 0 Å². The number of halogens is 1. The van der Waals surface area contributed by atoms with Crippen LogP contribution < -0.4 is 5.73 Å². The van der Waals surface area contributed by atoms with Crippen LogP contribution in [-0.2, 0) is 10.0 Å². The molecule has 8 nitrogen and oxygen atoms in total. The minimum atomic E-state index is -3.88. The van der Waals surface area contributed by atoms with Gasteiger partial charge in [0, 0.05) is 4.47 Å². The fourth-order valence-electron chi connectivity index (χ4n) is 2.38. The van der Waals surface area contributed by atoms with Gasteiger partial charge in [-0.2, -0.15) is 4.98 Å². The van der Waals surface area contributed by atoms with Crippen molar-refractivity contribution in [3.8, 4) is 11.5 Å². The molecule has 0 aliphatic rings. The Bertz CT molecular complexity index is 1170. The van der Waals surface area contributed by atoms with E-state index in [0.717, 1.165) is 8.45 Å². The Hall–Kier alpha value is -2.72. The average Bonchev–Trinajstić information content (AvgIpc) is 3.24. The first kappa shape index (κ1) is 15.8. The predicted molar refractivity (Wildman–Crippen MR) is 94.2 cm³/mol. The van der Waals surface area contributed by atoms with Gasteiger partial charge in [-0.15, -0.1) is 0 Å². The standard InChI is InChI=1S/C15H10BrN5O3S/c16-9-3-5-10(6-4-9)25(22,23)21-8-18-13-12(11-2-1-7-24-11)19-15(17)20-14(13)21/h1-8H,(H2,17,19,20). The second-order valence-corrected chi connectivity index (χ2v) is 7.81. The number of nitrogen functional groups attached to an aromatic ring is 1. The van der Waals surface area contributed by atoms with Crippen LogP contribution in [0, 0.1) is 0 Å². The molecule has 0 aliphatic heterocycles. The number of imidazole rings is 1. The van der Waals surface area contributed by atoms with Crippen molar-refractivity contribution in [2.75, 3.05) is 5.73 Å². The van der Waals surface area contributed by atoms with Crippen molar-refractivity contribution in [3.05, 3.63) is 53.5 Å². The molecule has 0 amide bonds. The fourth-order valence-corrected chi connectivity index (χ4v) is 3.88. The predicted octanol–water partition coefficient (Wildman–Crippen LogP) is 2.67. The average molecular weight is 420 g/mol. The smallest absolute Gasteiger partial charge is 0.270 e. The first-order valence-corrected chi connectivity index (χ1v) is 9.26. The van der Waals surface area contributed by atoms with Gasteiger partial charge in [0.05, 0.1) is 11.2 Å². The molecule has 3 aromatic heterocycles. The molecule has 0 saturated carbocycles. The van der Waals surface area contributed by atoms with E-state index in [1.807, 2.05) is 0 Å². The second kappa shape index (κ2) is 5.67. The van der Waals surface area contributed by atoms with Crippen LogP contribution >= 0.6 is 15.9 Å². The molecule has 1 aromatic carbocycles. The Morgan fingerprint density at radius 2 is 1.88 bits per heavy atom. The van der Waals surface area contributed by atoms with Gasteiger partial charge in [-0.05, 0) is 36.4 Å². The SMILES string of the molecule is Nc1nc(-c2ccco2)c2ncn(S(=O)(=O)c3ccc(Br)cc3)c2n1. The molecule has 0 unspecified atom stereocenters. The monoisotopic (exact) mass is 419 g/mol. The molecule has 2 N–H and O–H groups in total. The number of hydrogen-bond donors (Lipinski definition) is 1. The molecule has 3 heterocycles. The highest BCUT2D eigenvalue weighted by molar-refractivity contribution is 9.10. The minimum absolute atomic E-state index is 0.0772. The molecule has 0 saturated heterocycles. The van der Waals surface area contributed by atoms with Gasteiger partial charge in [0.2, 0.25) is 5.95 Å². The Labute approximate surface area is 150 Å². The first-order valence-electron chi connectivity index (χ1n) is 7.02. The van der Waals surface area contributed by atoms with Gasteiger partial charge in [0.25, 0.3) is 10.0 Å². The summed E-state index contributed by atoms with van der Waals surface area (Å²) in [5.74, 6) is 0.344. The summed E-state index contributed by atoms with van der Waals surface area (Å²) in [6, 6.07) is 9.64. The van der Waals surface area contributed by atoms with Crippen LogP contribution in [0.5, 0.6) is 0 Å². The molecule has 0 aliphatic carbocycles. The highest BCUT2D eigenvalue weighted by Gasteiger charge is 2.23. The van der Waals surface area contributed by atoms with Crippen LogP contribution in [0.2, 0.25) is 0 Å². The molecule has 25 heavy (non-hydrogen) atoms. The summed E-state index contributed by atoms with van der Waals surface area (Å²) in [7, 11) is -3.88. The number of hydrogen-bond acceptors (Lipinski definition) is 7. The van der Waals surface area contributed by atoms with Crippen molar-refractivity contribution in [2.24, 2.45) is 0 Å². The summed E-state index contributed by atoms with van der Waals surface area (Å²) in [4.78, 5) is 12.4. The fraction of sp³-hybridized carbons (Fsp3) is 0. The molecule has 0 spiro atoms. The zero-order valence-electron chi connectivity index (χ0n) is 12.5. The third-order valence-electron chi connectivity index (χ3n) is 3.51. The number of anilines is 1. The normalized spacial score (nSPS) is 11.9. The highest BCUT2D eigenvalue weighted by atomic mass is 79.9. The molecule has 0 bridgehead atoms. The van der Waals surface area contributed by atoms with Crippen LogP contribution in [-0.4, -0.2) is 27.3 Å². The van der Waals surface area contributed by atoms with Crippen molar-refractivity contribution >= 4 is 43.1 Å². The number of benzene rings is 1. The third-order valence-corrected chi connectivity index (χ3v) is 5.69. The molecule has 4 rings (SSSR count). The van der Waals surface area contributed by atoms with Gasteiger partial charge in [-0.3, -0.25) is 0 Å². The Morgan fingerprint density at radius 3 is 2.56 bits per heavy atom. The van der Waals surface area contributed by atoms with Crippen molar-refractivity contribution in [2.45, 2.75) is 4.90 Å². The maximum Gasteiger partial charge on any atom is 0.270 e.